The Hall–Kier alpha value is -1.61. The van der Waals surface area contributed by atoms with Crippen LogP contribution in [0.4, 0.5) is 5.82 Å². The molecule has 0 radical (unpaired) electrons. The second kappa shape index (κ2) is 6.53. The molecule has 0 aliphatic carbocycles. The molecule has 3 nitrogen and oxygen atoms in total. The van der Waals surface area contributed by atoms with Crippen molar-refractivity contribution in [1.29, 1.82) is 0 Å². The van der Waals surface area contributed by atoms with Crippen molar-refractivity contribution in [1.82, 2.24) is 4.98 Å². The van der Waals surface area contributed by atoms with Crippen molar-refractivity contribution in [2.24, 2.45) is 5.73 Å². The smallest absolute Gasteiger partial charge is 0.132 e. The molecule has 0 bridgehead atoms. The number of nitrogens with two attached hydrogens (primary N) is 1. The molecule has 0 unspecified atom stereocenters. The number of aromatic nitrogens is 1. The minimum absolute atomic E-state index is 0.664. The predicted molar refractivity (Wildman–Crippen MR) is 82.7 cm³/mol. The van der Waals surface area contributed by atoms with E-state index in [0.29, 0.717) is 6.54 Å². The standard InChI is InChI=1S/C16H23N3/c1-3-4-10-19(11-9-17)16-13(2)12-14-7-5-6-8-15(14)18-16/h5-8,12H,3-4,9-11,17H2,1-2H3. The molecule has 0 saturated carbocycles. The average Bonchev–Trinajstić information content (AvgIpc) is 2.43. The fourth-order valence-electron chi connectivity index (χ4n) is 2.36. The molecule has 0 aliphatic heterocycles. The number of anilines is 1. The number of nitrogens with zero attached hydrogens (tertiary/aromatic N) is 2. The van der Waals surface area contributed by atoms with Gasteiger partial charge in [-0.1, -0.05) is 31.5 Å². The number of pyridine rings is 1. The summed E-state index contributed by atoms with van der Waals surface area (Å²) in [6.45, 7) is 6.90. The number of hydrogen-bond donors (Lipinski definition) is 1. The Balaban J connectivity index is 2.37. The molecule has 0 spiro atoms. The first-order chi connectivity index (χ1) is 9.26. The zero-order chi connectivity index (χ0) is 13.7. The summed E-state index contributed by atoms with van der Waals surface area (Å²) in [5, 5.41) is 1.20. The van der Waals surface area contributed by atoms with Crippen molar-refractivity contribution in [2.45, 2.75) is 26.7 Å². The highest BCUT2D eigenvalue weighted by Crippen LogP contribution is 2.23. The molecule has 19 heavy (non-hydrogen) atoms. The van der Waals surface area contributed by atoms with Crippen LogP contribution in [0.5, 0.6) is 0 Å². The quantitative estimate of drug-likeness (QED) is 0.864. The van der Waals surface area contributed by atoms with Crippen LogP contribution >= 0.6 is 0 Å². The number of hydrogen-bond acceptors (Lipinski definition) is 3. The van der Waals surface area contributed by atoms with Crippen molar-refractivity contribution in [2.75, 3.05) is 24.5 Å². The fourth-order valence-corrected chi connectivity index (χ4v) is 2.36. The van der Waals surface area contributed by atoms with Gasteiger partial charge in [-0.05, 0) is 31.0 Å². The van der Waals surface area contributed by atoms with E-state index in [0.717, 1.165) is 24.4 Å². The summed E-state index contributed by atoms with van der Waals surface area (Å²) in [7, 11) is 0. The van der Waals surface area contributed by atoms with E-state index < -0.39 is 0 Å². The van der Waals surface area contributed by atoms with E-state index in [1.807, 2.05) is 6.07 Å². The summed E-state index contributed by atoms with van der Waals surface area (Å²) < 4.78 is 0. The molecule has 0 saturated heterocycles. The molecule has 0 aliphatic rings. The van der Waals surface area contributed by atoms with Gasteiger partial charge in [-0.3, -0.25) is 0 Å². The molecule has 2 N–H and O–H groups in total. The minimum Gasteiger partial charge on any atom is -0.355 e. The number of fused-ring (bicyclic) bond motifs is 1. The van der Waals surface area contributed by atoms with Crippen LogP contribution in [0, 0.1) is 6.92 Å². The van der Waals surface area contributed by atoms with Crippen molar-refractivity contribution < 1.29 is 0 Å². The molecule has 1 heterocycles. The summed E-state index contributed by atoms with van der Waals surface area (Å²) in [4.78, 5) is 7.13. The molecule has 1 aromatic heterocycles. The van der Waals surface area contributed by atoms with Gasteiger partial charge in [0.1, 0.15) is 5.82 Å². The van der Waals surface area contributed by atoms with Gasteiger partial charge in [0.25, 0.3) is 0 Å². The first-order valence-corrected chi connectivity index (χ1v) is 7.07. The highest BCUT2D eigenvalue weighted by atomic mass is 15.2. The van der Waals surface area contributed by atoms with E-state index in [-0.39, 0.29) is 0 Å². The minimum atomic E-state index is 0.664. The third kappa shape index (κ3) is 3.24. The first kappa shape index (κ1) is 13.8. The fraction of sp³-hybridized carbons (Fsp3) is 0.438. The maximum Gasteiger partial charge on any atom is 0.132 e. The number of benzene rings is 1. The van der Waals surface area contributed by atoms with Gasteiger partial charge in [0, 0.05) is 25.0 Å². The van der Waals surface area contributed by atoms with Crippen LogP contribution in [0.1, 0.15) is 25.3 Å². The monoisotopic (exact) mass is 257 g/mol. The summed E-state index contributed by atoms with van der Waals surface area (Å²) in [5.41, 5.74) is 8.01. The van der Waals surface area contributed by atoms with E-state index in [9.17, 15) is 0 Å². The Labute approximate surface area is 115 Å². The Kier molecular flexibility index (Phi) is 4.74. The van der Waals surface area contributed by atoms with Gasteiger partial charge in [-0.25, -0.2) is 4.98 Å². The van der Waals surface area contributed by atoms with E-state index in [4.69, 9.17) is 10.7 Å². The summed E-state index contributed by atoms with van der Waals surface area (Å²) in [6, 6.07) is 10.5. The maximum absolute atomic E-state index is 5.73. The highest BCUT2D eigenvalue weighted by molar-refractivity contribution is 5.81. The van der Waals surface area contributed by atoms with Crippen LogP contribution in [-0.2, 0) is 0 Å². The van der Waals surface area contributed by atoms with Crippen LogP contribution in [0.2, 0.25) is 0 Å². The van der Waals surface area contributed by atoms with Crippen LogP contribution < -0.4 is 10.6 Å². The van der Waals surface area contributed by atoms with Gasteiger partial charge in [-0.15, -0.1) is 0 Å². The van der Waals surface area contributed by atoms with E-state index in [2.05, 4.69) is 43.0 Å². The number of para-hydroxylation sites is 1. The van der Waals surface area contributed by atoms with E-state index in [1.54, 1.807) is 0 Å². The topological polar surface area (TPSA) is 42.1 Å². The predicted octanol–water partition coefficient (Wildman–Crippen LogP) is 3.11. The molecule has 102 valence electrons. The normalized spacial score (nSPS) is 10.9. The number of aryl methyl sites for hydroxylation is 1. The molecule has 2 aromatic rings. The van der Waals surface area contributed by atoms with E-state index in [1.165, 1.54) is 23.8 Å². The van der Waals surface area contributed by atoms with Gasteiger partial charge in [0.2, 0.25) is 0 Å². The van der Waals surface area contributed by atoms with Gasteiger partial charge in [0.15, 0.2) is 0 Å². The molecule has 0 amide bonds. The second-order valence-electron chi connectivity index (χ2n) is 4.95. The third-order valence-electron chi connectivity index (χ3n) is 3.37. The zero-order valence-electron chi connectivity index (χ0n) is 11.9. The number of rotatable bonds is 6. The van der Waals surface area contributed by atoms with Gasteiger partial charge in [-0.2, -0.15) is 0 Å². The molecule has 2 rings (SSSR count). The Morgan fingerprint density at radius 1 is 1.21 bits per heavy atom. The van der Waals surface area contributed by atoms with Gasteiger partial charge < -0.3 is 10.6 Å². The second-order valence-corrected chi connectivity index (χ2v) is 4.95. The molecule has 3 heteroatoms. The molecule has 1 aromatic carbocycles. The Morgan fingerprint density at radius 3 is 2.74 bits per heavy atom. The van der Waals surface area contributed by atoms with Crippen LogP contribution in [0.3, 0.4) is 0 Å². The Bertz CT molecular complexity index is 537. The van der Waals surface area contributed by atoms with E-state index >= 15 is 0 Å². The summed E-state index contributed by atoms with van der Waals surface area (Å²) >= 11 is 0. The SMILES string of the molecule is CCCCN(CCN)c1nc2ccccc2cc1C. The number of unbranched alkanes of at least 4 members (excludes halogenated alkanes) is 1. The maximum atomic E-state index is 5.73. The molecular formula is C16H23N3. The summed E-state index contributed by atoms with van der Waals surface area (Å²) in [6.07, 6.45) is 2.36. The largest absolute Gasteiger partial charge is 0.355 e. The lowest BCUT2D eigenvalue weighted by Crippen LogP contribution is -2.31. The molecule has 0 atom stereocenters. The van der Waals surface area contributed by atoms with Gasteiger partial charge in [0.05, 0.1) is 5.52 Å². The van der Waals surface area contributed by atoms with Crippen molar-refractivity contribution in [3.05, 3.63) is 35.9 Å². The van der Waals surface area contributed by atoms with Crippen LogP contribution in [0.25, 0.3) is 10.9 Å². The van der Waals surface area contributed by atoms with Crippen LogP contribution in [0.15, 0.2) is 30.3 Å². The van der Waals surface area contributed by atoms with Crippen molar-refractivity contribution in [3.63, 3.8) is 0 Å². The average molecular weight is 257 g/mol. The first-order valence-electron chi connectivity index (χ1n) is 7.07. The highest BCUT2D eigenvalue weighted by Gasteiger charge is 2.11. The lowest BCUT2D eigenvalue weighted by Gasteiger charge is -2.25. The Morgan fingerprint density at radius 2 is 2.00 bits per heavy atom. The zero-order valence-corrected chi connectivity index (χ0v) is 11.9. The molecule has 0 fully saturated rings. The van der Waals surface area contributed by atoms with Crippen molar-refractivity contribution in [3.8, 4) is 0 Å². The van der Waals surface area contributed by atoms with Gasteiger partial charge >= 0.3 is 0 Å². The molecular weight excluding hydrogens is 234 g/mol. The van der Waals surface area contributed by atoms with Crippen LogP contribution in [-0.4, -0.2) is 24.6 Å². The summed E-state index contributed by atoms with van der Waals surface area (Å²) in [5.74, 6) is 1.08. The third-order valence-corrected chi connectivity index (χ3v) is 3.37. The lowest BCUT2D eigenvalue weighted by molar-refractivity contribution is 0.707. The van der Waals surface area contributed by atoms with Crippen molar-refractivity contribution >= 4 is 16.7 Å². The lowest BCUT2D eigenvalue weighted by atomic mass is 10.1.